The van der Waals surface area contributed by atoms with Crippen LogP contribution in [0.3, 0.4) is 0 Å². The maximum atomic E-state index is 13.3. The SMILES string of the molecule is O=C(c1ccc(F)cc1C#CCO)N1CC2CCCC2C1. The van der Waals surface area contributed by atoms with Crippen LogP contribution in [-0.4, -0.2) is 35.6 Å². The number of hydrogen-bond donors (Lipinski definition) is 1. The molecular formula is C17H18FNO2. The number of carbonyl (C=O) groups is 1. The Morgan fingerprint density at radius 2 is 2.05 bits per heavy atom. The van der Waals surface area contributed by atoms with Crippen molar-refractivity contribution in [3.63, 3.8) is 0 Å². The van der Waals surface area contributed by atoms with Crippen LogP contribution in [0.15, 0.2) is 18.2 Å². The van der Waals surface area contributed by atoms with Crippen LogP contribution in [0.2, 0.25) is 0 Å². The molecule has 0 radical (unpaired) electrons. The lowest BCUT2D eigenvalue weighted by molar-refractivity contribution is 0.0780. The van der Waals surface area contributed by atoms with Crippen molar-refractivity contribution < 1.29 is 14.3 Å². The summed E-state index contributed by atoms with van der Waals surface area (Å²) in [7, 11) is 0. The Kier molecular flexibility index (Phi) is 3.94. The van der Waals surface area contributed by atoms with Gasteiger partial charge in [-0.1, -0.05) is 18.3 Å². The molecule has 1 amide bonds. The van der Waals surface area contributed by atoms with Crippen molar-refractivity contribution in [2.45, 2.75) is 19.3 Å². The monoisotopic (exact) mass is 287 g/mol. The van der Waals surface area contributed by atoms with Gasteiger partial charge in [0.25, 0.3) is 5.91 Å². The first kappa shape index (κ1) is 14.1. The van der Waals surface area contributed by atoms with Gasteiger partial charge in [0.05, 0.1) is 5.56 Å². The van der Waals surface area contributed by atoms with Gasteiger partial charge < -0.3 is 10.0 Å². The lowest BCUT2D eigenvalue weighted by Crippen LogP contribution is -2.30. The minimum absolute atomic E-state index is 0.0772. The van der Waals surface area contributed by atoms with E-state index in [1.54, 1.807) is 0 Å². The zero-order valence-corrected chi connectivity index (χ0v) is 11.8. The highest BCUT2D eigenvalue weighted by atomic mass is 19.1. The summed E-state index contributed by atoms with van der Waals surface area (Å²) in [4.78, 5) is 14.5. The molecule has 2 aliphatic rings. The normalized spacial score (nSPS) is 23.6. The third kappa shape index (κ3) is 2.79. The number of likely N-dealkylation sites (tertiary alicyclic amines) is 1. The van der Waals surface area contributed by atoms with Crippen molar-refractivity contribution in [3.8, 4) is 11.8 Å². The highest BCUT2D eigenvalue weighted by Crippen LogP contribution is 2.38. The molecule has 2 unspecified atom stereocenters. The van der Waals surface area contributed by atoms with Gasteiger partial charge in [-0.2, -0.15) is 0 Å². The molecule has 3 nitrogen and oxygen atoms in total. The summed E-state index contributed by atoms with van der Waals surface area (Å²) < 4.78 is 13.3. The molecule has 4 heteroatoms. The molecule has 0 bridgehead atoms. The summed E-state index contributed by atoms with van der Waals surface area (Å²) in [5.74, 6) is 5.91. The number of amides is 1. The van der Waals surface area contributed by atoms with E-state index >= 15 is 0 Å². The van der Waals surface area contributed by atoms with Crippen molar-refractivity contribution in [1.29, 1.82) is 0 Å². The quantitative estimate of drug-likeness (QED) is 0.803. The molecule has 1 aliphatic heterocycles. The fourth-order valence-electron chi connectivity index (χ4n) is 3.51. The van der Waals surface area contributed by atoms with E-state index in [0.717, 1.165) is 13.1 Å². The van der Waals surface area contributed by atoms with E-state index in [0.29, 0.717) is 23.0 Å². The third-order valence-corrected chi connectivity index (χ3v) is 4.53. The molecule has 1 heterocycles. The maximum Gasteiger partial charge on any atom is 0.255 e. The summed E-state index contributed by atoms with van der Waals surface area (Å²) >= 11 is 0. The lowest BCUT2D eigenvalue weighted by atomic mass is 10.0. The van der Waals surface area contributed by atoms with Crippen LogP contribution in [0, 0.1) is 29.5 Å². The van der Waals surface area contributed by atoms with Gasteiger partial charge in [0.2, 0.25) is 0 Å². The van der Waals surface area contributed by atoms with E-state index in [9.17, 15) is 9.18 Å². The van der Waals surface area contributed by atoms with Gasteiger partial charge in [-0.15, -0.1) is 0 Å². The minimum Gasteiger partial charge on any atom is -0.384 e. The van der Waals surface area contributed by atoms with Gasteiger partial charge in [0, 0.05) is 18.7 Å². The van der Waals surface area contributed by atoms with E-state index in [4.69, 9.17) is 5.11 Å². The summed E-state index contributed by atoms with van der Waals surface area (Å²) in [6, 6.07) is 4.04. The molecule has 2 atom stereocenters. The smallest absolute Gasteiger partial charge is 0.255 e. The van der Waals surface area contributed by atoms with E-state index in [1.165, 1.54) is 37.5 Å². The van der Waals surface area contributed by atoms with Crippen molar-refractivity contribution in [2.24, 2.45) is 11.8 Å². The Hall–Kier alpha value is -1.86. The molecule has 21 heavy (non-hydrogen) atoms. The molecule has 0 aromatic heterocycles. The fourth-order valence-corrected chi connectivity index (χ4v) is 3.51. The molecule has 1 aliphatic carbocycles. The highest BCUT2D eigenvalue weighted by molar-refractivity contribution is 5.97. The van der Waals surface area contributed by atoms with Gasteiger partial charge in [-0.3, -0.25) is 4.79 Å². The predicted octanol–water partition coefficient (Wildman–Crippen LogP) is 2.04. The van der Waals surface area contributed by atoms with Crippen LogP contribution in [0.4, 0.5) is 4.39 Å². The van der Waals surface area contributed by atoms with Crippen molar-refractivity contribution in [3.05, 3.63) is 35.1 Å². The molecule has 1 aromatic rings. The first-order chi connectivity index (χ1) is 10.2. The number of rotatable bonds is 1. The topological polar surface area (TPSA) is 40.5 Å². The number of fused-ring (bicyclic) bond motifs is 1. The van der Waals surface area contributed by atoms with Crippen LogP contribution in [0.25, 0.3) is 0 Å². The van der Waals surface area contributed by atoms with E-state index in [1.807, 2.05) is 4.90 Å². The molecule has 2 fully saturated rings. The number of nitrogens with zero attached hydrogens (tertiary/aromatic N) is 1. The van der Waals surface area contributed by atoms with E-state index in [2.05, 4.69) is 11.8 Å². The summed E-state index contributed by atoms with van der Waals surface area (Å²) in [6.07, 6.45) is 3.67. The van der Waals surface area contributed by atoms with E-state index < -0.39 is 5.82 Å². The second kappa shape index (κ2) is 5.87. The summed E-state index contributed by atoms with van der Waals surface area (Å²) in [5, 5.41) is 8.78. The Morgan fingerprint density at radius 1 is 1.33 bits per heavy atom. The largest absolute Gasteiger partial charge is 0.384 e. The minimum atomic E-state index is -0.424. The number of benzene rings is 1. The van der Waals surface area contributed by atoms with Gasteiger partial charge in [-0.05, 0) is 42.9 Å². The Morgan fingerprint density at radius 3 is 2.71 bits per heavy atom. The molecule has 0 spiro atoms. The first-order valence-electron chi connectivity index (χ1n) is 7.37. The van der Waals surface area contributed by atoms with Gasteiger partial charge in [0.1, 0.15) is 12.4 Å². The van der Waals surface area contributed by atoms with Crippen molar-refractivity contribution in [1.82, 2.24) is 4.90 Å². The summed E-state index contributed by atoms with van der Waals surface area (Å²) in [5.41, 5.74) is 0.781. The Bertz CT molecular complexity index is 605. The zero-order chi connectivity index (χ0) is 14.8. The number of carbonyl (C=O) groups excluding carboxylic acids is 1. The lowest BCUT2D eigenvalue weighted by Gasteiger charge is -2.18. The Labute approximate surface area is 123 Å². The molecule has 3 rings (SSSR count). The summed E-state index contributed by atoms with van der Waals surface area (Å²) in [6.45, 7) is 1.29. The van der Waals surface area contributed by atoms with Crippen LogP contribution in [0.1, 0.15) is 35.2 Å². The van der Waals surface area contributed by atoms with Crippen LogP contribution in [0.5, 0.6) is 0 Å². The molecule has 110 valence electrons. The third-order valence-electron chi connectivity index (χ3n) is 4.53. The fraction of sp³-hybridized carbons (Fsp3) is 0.471. The Balaban J connectivity index is 1.84. The predicted molar refractivity (Wildman–Crippen MR) is 77.1 cm³/mol. The maximum absolute atomic E-state index is 13.3. The number of hydrogen-bond acceptors (Lipinski definition) is 2. The van der Waals surface area contributed by atoms with Crippen molar-refractivity contribution >= 4 is 5.91 Å². The number of aliphatic hydroxyl groups excluding tert-OH is 1. The zero-order valence-electron chi connectivity index (χ0n) is 11.8. The van der Waals surface area contributed by atoms with Crippen LogP contribution >= 0.6 is 0 Å². The second-order valence-corrected chi connectivity index (χ2v) is 5.81. The average Bonchev–Trinajstić information content (AvgIpc) is 3.05. The molecule has 1 N–H and O–H groups in total. The molecule has 1 aromatic carbocycles. The van der Waals surface area contributed by atoms with Gasteiger partial charge in [0.15, 0.2) is 0 Å². The van der Waals surface area contributed by atoms with Crippen molar-refractivity contribution in [2.75, 3.05) is 19.7 Å². The van der Waals surface area contributed by atoms with Gasteiger partial charge >= 0.3 is 0 Å². The van der Waals surface area contributed by atoms with Crippen LogP contribution < -0.4 is 0 Å². The molecular weight excluding hydrogens is 269 g/mol. The first-order valence-corrected chi connectivity index (χ1v) is 7.37. The van der Waals surface area contributed by atoms with Crippen LogP contribution in [-0.2, 0) is 0 Å². The number of aliphatic hydroxyl groups is 1. The molecule has 1 saturated carbocycles. The average molecular weight is 287 g/mol. The number of halogens is 1. The second-order valence-electron chi connectivity index (χ2n) is 5.81. The van der Waals surface area contributed by atoms with Gasteiger partial charge in [-0.25, -0.2) is 4.39 Å². The molecule has 1 saturated heterocycles. The standard InChI is InChI=1S/C17H18FNO2/c18-15-6-7-16(12(9-15)5-2-8-20)17(21)19-10-13-3-1-4-14(13)11-19/h6-7,9,13-14,20H,1,3-4,8,10-11H2. The van der Waals surface area contributed by atoms with E-state index in [-0.39, 0.29) is 12.5 Å². The highest BCUT2D eigenvalue weighted by Gasteiger charge is 2.38.